The zero-order valence-electron chi connectivity index (χ0n) is 7.26. The van der Waals surface area contributed by atoms with E-state index in [1.165, 1.54) is 16.6 Å². The van der Waals surface area contributed by atoms with Gasteiger partial charge >= 0.3 is 0 Å². The van der Waals surface area contributed by atoms with Gasteiger partial charge in [0.1, 0.15) is 0 Å². The molecule has 1 aromatic carbocycles. The molecule has 1 nitrogen and oxygen atoms in total. The molecule has 64 valence electrons. The minimum absolute atomic E-state index is 1.22. The first-order chi connectivity index (χ1) is 5.86. The summed E-state index contributed by atoms with van der Waals surface area (Å²) in [6, 6.07) is 10.4. The van der Waals surface area contributed by atoms with E-state index in [0.717, 1.165) is 0 Å². The van der Waals surface area contributed by atoms with Crippen LogP contribution < -0.4 is 0 Å². The number of alkyl halides is 1. The van der Waals surface area contributed by atoms with Crippen LogP contribution in [0.4, 0.5) is 0 Å². The van der Waals surface area contributed by atoms with Crippen molar-refractivity contribution in [1.82, 2.24) is 4.98 Å². The number of fused-ring (bicyclic) bond motifs is 1. The summed E-state index contributed by atoms with van der Waals surface area (Å²) in [5.41, 5.74) is 2.45. The summed E-state index contributed by atoms with van der Waals surface area (Å²) in [6.07, 6.45) is 0. The number of benzene rings is 1. The molecule has 12 heavy (non-hydrogen) atoms. The summed E-state index contributed by atoms with van der Waals surface area (Å²) in [6.45, 7) is 2.07. The first kappa shape index (κ1) is 9.33. The molecular formula is C10H12BrN. The molecular weight excluding hydrogens is 214 g/mol. The van der Waals surface area contributed by atoms with Crippen LogP contribution in [0.15, 0.2) is 30.3 Å². The van der Waals surface area contributed by atoms with Gasteiger partial charge in [-0.05, 0) is 30.3 Å². The number of para-hydroxylation sites is 1. The fourth-order valence-electron chi connectivity index (χ4n) is 1.22. The molecule has 0 aliphatic rings. The smallest absolute Gasteiger partial charge is 0.0455 e. The lowest BCUT2D eigenvalue weighted by molar-refractivity contribution is 1.30. The molecule has 0 amide bonds. The number of aryl methyl sites for hydroxylation is 1. The van der Waals surface area contributed by atoms with Gasteiger partial charge in [0.05, 0.1) is 0 Å². The molecule has 0 aliphatic carbocycles. The van der Waals surface area contributed by atoms with Gasteiger partial charge in [0.2, 0.25) is 0 Å². The Hall–Kier alpha value is -0.760. The first-order valence-corrected chi connectivity index (χ1v) is 5.37. The molecule has 2 rings (SSSR count). The highest BCUT2D eigenvalue weighted by molar-refractivity contribution is 9.08. The third-order valence-electron chi connectivity index (χ3n) is 1.66. The van der Waals surface area contributed by atoms with Crippen molar-refractivity contribution in [3.8, 4) is 0 Å². The van der Waals surface area contributed by atoms with Gasteiger partial charge in [0.15, 0.2) is 0 Å². The summed E-state index contributed by atoms with van der Waals surface area (Å²) in [4.78, 5) is 3.26. The van der Waals surface area contributed by atoms with Gasteiger partial charge in [-0.2, -0.15) is 0 Å². The van der Waals surface area contributed by atoms with Crippen molar-refractivity contribution in [2.75, 3.05) is 5.83 Å². The number of halogens is 1. The highest BCUT2D eigenvalue weighted by Gasteiger charge is 1.92. The van der Waals surface area contributed by atoms with Crippen molar-refractivity contribution in [3.05, 3.63) is 36.0 Å². The Morgan fingerprint density at radius 2 is 1.83 bits per heavy atom. The van der Waals surface area contributed by atoms with Crippen LogP contribution in [0.2, 0.25) is 0 Å². The number of hydrogen-bond donors (Lipinski definition) is 1. The van der Waals surface area contributed by atoms with Crippen molar-refractivity contribution < 1.29 is 0 Å². The molecule has 0 fully saturated rings. The quantitative estimate of drug-likeness (QED) is 0.662. The molecule has 0 atom stereocenters. The lowest BCUT2D eigenvalue weighted by Crippen LogP contribution is -1.65. The molecule has 0 spiro atoms. The Bertz CT molecular complexity index is 318. The van der Waals surface area contributed by atoms with Crippen LogP contribution in [0, 0.1) is 6.92 Å². The molecule has 2 aromatic rings. The zero-order chi connectivity index (χ0) is 8.97. The average molecular weight is 226 g/mol. The number of aromatic nitrogens is 1. The lowest BCUT2D eigenvalue weighted by Gasteiger charge is -1.83. The predicted molar refractivity (Wildman–Crippen MR) is 57.9 cm³/mol. The van der Waals surface area contributed by atoms with Crippen LogP contribution in [-0.2, 0) is 0 Å². The molecule has 0 unspecified atom stereocenters. The summed E-state index contributed by atoms with van der Waals surface area (Å²) >= 11 is 2.94. The fourth-order valence-corrected chi connectivity index (χ4v) is 1.22. The largest absolute Gasteiger partial charge is 0.359 e. The maximum atomic E-state index is 3.26. The van der Waals surface area contributed by atoms with Crippen LogP contribution in [0.3, 0.4) is 0 Å². The van der Waals surface area contributed by atoms with Crippen molar-refractivity contribution in [2.45, 2.75) is 6.92 Å². The second-order valence-electron chi connectivity index (χ2n) is 2.54. The second-order valence-corrected chi connectivity index (χ2v) is 2.54. The molecule has 0 saturated heterocycles. The van der Waals surface area contributed by atoms with Gasteiger partial charge in [-0.15, -0.1) is 0 Å². The number of aromatic amines is 1. The van der Waals surface area contributed by atoms with Gasteiger partial charge in [-0.1, -0.05) is 34.1 Å². The van der Waals surface area contributed by atoms with E-state index >= 15 is 0 Å². The molecule has 0 aliphatic heterocycles. The predicted octanol–water partition coefficient (Wildman–Crippen LogP) is 3.49. The molecule has 0 bridgehead atoms. The topological polar surface area (TPSA) is 15.8 Å². The fraction of sp³-hybridized carbons (Fsp3) is 0.200. The summed E-state index contributed by atoms with van der Waals surface area (Å²) in [7, 11) is 0. The molecule has 0 radical (unpaired) electrons. The highest BCUT2D eigenvalue weighted by Crippen LogP contribution is 2.12. The van der Waals surface area contributed by atoms with Crippen LogP contribution >= 0.6 is 15.9 Å². The van der Waals surface area contributed by atoms with Gasteiger partial charge < -0.3 is 4.98 Å². The van der Waals surface area contributed by atoms with E-state index in [1.807, 2.05) is 11.9 Å². The van der Waals surface area contributed by atoms with Crippen LogP contribution in [-0.4, -0.2) is 10.8 Å². The average Bonchev–Trinajstić information content (AvgIpc) is 2.48. The minimum atomic E-state index is 1.22. The first-order valence-electron chi connectivity index (χ1n) is 3.78. The Kier molecular flexibility index (Phi) is 3.35. The summed E-state index contributed by atoms with van der Waals surface area (Å²) in [5, 5.41) is 1.29. The molecule has 2 heteroatoms. The van der Waals surface area contributed by atoms with Gasteiger partial charge in [-0.3, -0.25) is 0 Å². The normalized spacial score (nSPS) is 9.25. The van der Waals surface area contributed by atoms with E-state index in [0.29, 0.717) is 0 Å². The van der Waals surface area contributed by atoms with E-state index in [9.17, 15) is 0 Å². The van der Waals surface area contributed by atoms with Crippen LogP contribution in [0.1, 0.15) is 5.69 Å². The Morgan fingerprint density at radius 1 is 1.17 bits per heavy atom. The molecule has 1 heterocycles. The Balaban J connectivity index is 0.000000336. The van der Waals surface area contributed by atoms with E-state index in [2.05, 4.69) is 52.1 Å². The van der Waals surface area contributed by atoms with Gasteiger partial charge in [-0.25, -0.2) is 0 Å². The van der Waals surface area contributed by atoms with Crippen molar-refractivity contribution in [1.29, 1.82) is 0 Å². The highest BCUT2D eigenvalue weighted by atomic mass is 79.9. The second kappa shape index (κ2) is 4.31. The Morgan fingerprint density at radius 3 is 2.50 bits per heavy atom. The summed E-state index contributed by atoms with van der Waals surface area (Å²) in [5.74, 6) is 1.81. The van der Waals surface area contributed by atoms with Gasteiger partial charge in [0.25, 0.3) is 0 Å². The molecule has 1 N–H and O–H groups in total. The summed E-state index contributed by atoms with van der Waals surface area (Å²) < 4.78 is 0. The number of hydrogen-bond acceptors (Lipinski definition) is 0. The Labute approximate surface area is 80.9 Å². The van der Waals surface area contributed by atoms with Crippen molar-refractivity contribution in [3.63, 3.8) is 0 Å². The number of nitrogens with one attached hydrogen (secondary N) is 1. The van der Waals surface area contributed by atoms with Crippen molar-refractivity contribution >= 4 is 26.8 Å². The monoisotopic (exact) mass is 225 g/mol. The maximum absolute atomic E-state index is 3.26. The zero-order valence-corrected chi connectivity index (χ0v) is 8.85. The van der Waals surface area contributed by atoms with Crippen LogP contribution in [0.25, 0.3) is 10.9 Å². The van der Waals surface area contributed by atoms with E-state index < -0.39 is 0 Å². The standard InChI is InChI=1S/C9H9N.CH3Br/c1-7-6-8-4-2-3-5-9(8)10-7;1-2/h2-6,10H,1H3;1H3. The maximum Gasteiger partial charge on any atom is 0.0455 e. The van der Waals surface area contributed by atoms with Gasteiger partial charge in [0, 0.05) is 11.2 Å². The van der Waals surface area contributed by atoms with Crippen molar-refractivity contribution in [2.24, 2.45) is 0 Å². The molecule has 1 aromatic heterocycles. The third kappa shape index (κ3) is 1.89. The molecule has 0 saturated carbocycles. The van der Waals surface area contributed by atoms with E-state index in [-0.39, 0.29) is 0 Å². The van der Waals surface area contributed by atoms with Crippen LogP contribution in [0.5, 0.6) is 0 Å². The van der Waals surface area contributed by atoms with E-state index in [1.54, 1.807) is 0 Å². The number of rotatable bonds is 0. The van der Waals surface area contributed by atoms with E-state index in [4.69, 9.17) is 0 Å². The lowest BCUT2D eigenvalue weighted by atomic mass is 10.2. The SMILES string of the molecule is CBr.Cc1cc2ccccc2[nH]1. The third-order valence-corrected chi connectivity index (χ3v) is 1.66. The minimum Gasteiger partial charge on any atom is -0.359 e. The number of H-pyrrole nitrogens is 1.